The summed E-state index contributed by atoms with van der Waals surface area (Å²) in [4.78, 5) is 28.2. The number of carbonyl (C=O) groups excluding carboxylic acids is 2. The van der Waals surface area contributed by atoms with E-state index in [0.29, 0.717) is 54.2 Å². The summed E-state index contributed by atoms with van der Waals surface area (Å²) in [5.74, 6) is -0.652. The van der Waals surface area contributed by atoms with Crippen LogP contribution in [0, 0.1) is 0 Å². The van der Waals surface area contributed by atoms with Gasteiger partial charge in [0.2, 0.25) is 5.78 Å². The predicted octanol–water partition coefficient (Wildman–Crippen LogP) is 4.45. The lowest BCUT2D eigenvalue weighted by atomic mass is 9.94. The van der Waals surface area contributed by atoms with Crippen LogP contribution in [-0.2, 0) is 9.53 Å². The summed E-state index contributed by atoms with van der Waals surface area (Å²) in [6.07, 6.45) is 0.542. The highest BCUT2D eigenvalue weighted by Gasteiger charge is 2.44. The van der Waals surface area contributed by atoms with E-state index in [1.54, 1.807) is 55.6 Å². The molecule has 2 aromatic carbocycles. The van der Waals surface area contributed by atoms with Crippen molar-refractivity contribution in [3.8, 4) is 11.5 Å². The molecule has 1 unspecified atom stereocenters. The molecule has 178 valence electrons. The van der Waals surface area contributed by atoms with Crippen molar-refractivity contribution in [3.05, 3.63) is 71.2 Å². The van der Waals surface area contributed by atoms with Gasteiger partial charge in [-0.05, 0) is 43.2 Å². The lowest BCUT2D eigenvalue weighted by Gasteiger charge is -2.27. The van der Waals surface area contributed by atoms with Gasteiger partial charge in [0, 0.05) is 25.6 Å². The summed E-state index contributed by atoms with van der Waals surface area (Å²) in [7, 11) is 3.09. The summed E-state index contributed by atoms with van der Waals surface area (Å²) in [6.45, 7) is 3.07. The van der Waals surface area contributed by atoms with Crippen LogP contribution in [0.3, 0.4) is 0 Å². The zero-order valence-electron chi connectivity index (χ0n) is 19.4. The average molecular weight is 466 g/mol. The van der Waals surface area contributed by atoms with E-state index in [1.165, 1.54) is 12.0 Å². The number of benzene rings is 2. The van der Waals surface area contributed by atoms with E-state index in [0.717, 1.165) is 0 Å². The Labute approximate surface area is 197 Å². The molecule has 1 atom stereocenters. The maximum Gasteiger partial charge on any atom is 0.290 e. The lowest BCUT2D eigenvalue weighted by molar-refractivity contribution is -0.129. The molecule has 2 heterocycles. The van der Waals surface area contributed by atoms with Crippen molar-refractivity contribution >= 4 is 22.7 Å². The predicted molar refractivity (Wildman–Crippen MR) is 125 cm³/mol. The van der Waals surface area contributed by atoms with Crippen LogP contribution in [0.15, 0.2) is 64.3 Å². The number of methoxy groups -OCH3 is 2. The van der Waals surface area contributed by atoms with Gasteiger partial charge in [-0.1, -0.05) is 24.3 Å². The van der Waals surface area contributed by atoms with Crippen LogP contribution in [0.4, 0.5) is 0 Å². The SMILES string of the molecule is CCOc1cccc(C2C(C(=O)c3cc4cccc(OC)c4o3)=C(O)C(=O)N2CCCOC)c1. The highest BCUT2D eigenvalue weighted by molar-refractivity contribution is 6.16. The fourth-order valence-corrected chi connectivity index (χ4v) is 4.22. The molecule has 8 nitrogen and oxygen atoms in total. The number of carbonyl (C=O) groups is 2. The molecule has 1 aliphatic rings. The largest absolute Gasteiger partial charge is 0.503 e. The van der Waals surface area contributed by atoms with Gasteiger partial charge in [0.25, 0.3) is 5.91 Å². The molecule has 0 saturated carbocycles. The maximum absolute atomic E-state index is 13.7. The third kappa shape index (κ3) is 4.24. The Kier molecular flexibility index (Phi) is 6.88. The highest BCUT2D eigenvalue weighted by atomic mass is 16.5. The second-order valence-corrected chi connectivity index (χ2v) is 7.83. The van der Waals surface area contributed by atoms with E-state index in [1.807, 2.05) is 6.92 Å². The van der Waals surface area contributed by atoms with Crippen LogP contribution in [0.5, 0.6) is 11.5 Å². The lowest BCUT2D eigenvalue weighted by Crippen LogP contribution is -2.32. The summed E-state index contributed by atoms with van der Waals surface area (Å²) in [5.41, 5.74) is 1.04. The van der Waals surface area contributed by atoms with Crippen molar-refractivity contribution in [1.29, 1.82) is 0 Å². The maximum atomic E-state index is 13.7. The Balaban J connectivity index is 1.78. The van der Waals surface area contributed by atoms with Gasteiger partial charge < -0.3 is 28.6 Å². The molecule has 0 radical (unpaired) electrons. The minimum absolute atomic E-state index is 0.0126. The van der Waals surface area contributed by atoms with Gasteiger partial charge in [-0.2, -0.15) is 0 Å². The van der Waals surface area contributed by atoms with E-state index >= 15 is 0 Å². The molecule has 3 aromatic rings. The van der Waals surface area contributed by atoms with E-state index in [2.05, 4.69) is 0 Å². The van der Waals surface area contributed by atoms with E-state index in [4.69, 9.17) is 18.6 Å². The molecular formula is C26H27NO7. The molecule has 0 spiro atoms. The fourth-order valence-electron chi connectivity index (χ4n) is 4.22. The molecule has 0 fully saturated rings. The number of ether oxygens (including phenoxy) is 3. The number of aliphatic hydroxyl groups excluding tert-OH is 1. The molecule has 0 saturated heterocycles. The Morgan fingerprint density at radius 2 is 1.94 bits per heavy atom. The normalized spacial score (nSPS) is 15.9. The molecule has 34 heavy (non-hydrogen) atoms. The Morgan fingerprint density at radius 1 is 1.15 bits per heavy atom. The molecule has 0 aliphatic carbocycles. The van der Waals surface area contributed by atoms with Gasteiger partial charge in [-0.25, -0.2) is 0 Å². The number of hydrogen-bond donors (Lipinski definition) is 1. The molecule has 1 aromatic heterocycles. The van der Waals surface area contributed by atoms with Crippen LogP contribution in [0.1, 0.15) is 35.5 Å². The molecule has 1 amide bonds. The van der Waals surface area contributed by atoms with Crippen molar-refractivity contribution in [3.63, 3.8) is 0 Å². The van der Waals surface area contributed by atoms with Gasteiger partial charge in [0.05, 0.1) is 25.3 Å². The summed E-state index contributed by atoms with van der Waals surface area (Å²) < 4.78 is 21.9. The minimum Gasteiger partial charge on any atom is -0.503 e. The van der Waals surface area contributed by atoms with E-state index < -0.39 is 23.5 Å². The van der Waals surface area contributed by atoms with Crippen molar-refractivity contribution in [2.75, 3.05) is 34.0 Å². The van der Waals surface area contributed by atoms with Crippen molar-refractivity contribution < 1.29 is 33.3 Å². The number of rotatable bonds is 10. The number of furan rings is 1. The quantitative estimate of drug-likeness (QED) is 0.349. The molecule has 1 aliphatic heterocycles. The zero-order chi connectivity index (χ0) is 24.2. The molecular weight excluding hydrogens is 438 g/mol. The summed E-state index contributed by atoms with van der Waals surface area (Å²) in [5, 5.41) is 11.5. The van der Waals surface area contributed by atoms with Gasteiger partial charge in [-0.15, -0.1) is 0 Å². The average Bonchev–Trinajstić information content (AvgIpc) is 3.39. The van der Waals surface area contributed by atoms with Crippen LogP contribution in [-0.4, -0.2) is 55.7 Å². The van der Waals surface area contributed by atoms with Crippen molar-refractivity contribution in [1.82, 2.24) is 4.90 Å². The second-order valence-electron chi connectivity index (χ2n) is 7.83. The number of hydrogen-bond acceptors (Lipinski definition) is 7. The number of para-hydroxylation sites is 1. The number of nitrogens with zero attached hydrogens (tertiary/aromatic N) is 1. The Morgan fingerprint density at radius 3 is 2.68 bits per heavy atom. The van der Waals surface area contributed by atoms with Crippen molar-refractivity contribution in [2.45, 2.75) is 19.4 Å². The van der Waals surface area contributed by atoms with Crippen LogP contribution in [0.25, 0.3) is 11.0 Å². The number of Topliss-reactive ketones (excluding diaryl/α,β-unsaturated/α-hetero) is 1. The number of fused-ring (bicyclic) bond motifs is 1. The van der Waals surface area contributed by atoms with Crippen LogP contribution < -0.4 is 9.47 Å². The fraction of sp³-hybridized carbons (Fsp3) is 0.308. The van der Waals surface area contributed by atoms with Crippen molar-refractivity contribution in [2.24, 2.45) is 0 Å². The van der Waals surface area contributed by atoms with Gasteiger partial charge >= 0.3 is 0 Å². The number of ketones is 1. The van der Waals surface area contributed by atoms with Crippen LogP contribution >= 0.6 is 0 Å². The first kappa shape index (κ1) is 23.4. The smallest absolute Gasteiger partial charge is 0.290 e. The van der Waals surface area contributed by atoms with Gasteiger partial charge in [0.15, 0.2) is 22.9 Å². The first-order valence-electron chi connectivity index (χ1n) is 11.1. The summed E-state index contributed by atoms with van der Waals surface area (Å²) >= 11 is 0. The second kappa shape index (κ2) is 10.0. The van der Waals surface area contributed by atoms with E-state index in [9.17, 15) is 14.7 Å². The van der Waals surface area contributed by atoms with Crippen LogP contribution in [0.2, 0.25) is 0 Å². The van der Waals surface area contributed by atoms with Gasteiger partial charge in [-0.3, -0.25) is 9.59 Å². The van der Waals surface area contributed by atoms with Gasteiger partial charge in [0.1, 0.15) is 5.75 Å². The first-order valence-corrected chi connectivity index (χ1v) is 11.1. The molecule has 1 N–H and O–H groups in total. The standard InChI is InChI=1S/C26H27NO7/c1-4-33-18-10-5-8-16(14-18)22-21(24(29)26(30)27(22)12-7-13-31-2)23(28)20-15-17-9-6-11-19(32-3)25(17)34-20/h5-6,8-11,14-15,22,29H,4,7,12-13H2,1-3H3. The number of aliphatic hydroxyl groups is 1. The van der Waals surface area contributed by atoms with E-state index in [-0.39, 0.29) is 11.3 Å². The minimum atomic E-state index is -0.799. The monoisotopic (exact) mass is 465 g/mol. The third-order valence-electron chi connectivity index (χ3n) is 5.73. The highest BCUT2D eigenvalue weighted by Crippen LogP contribution is 2.41. The topological polar surface area (TPSA) is 98.4 Å². The third-order valence-corrected chi connectivity index (χ3v) is 5.73. The first-order chi connectivity index (χ1) is 16.5. The Hall–Kier alpha value is -3.78. The molecule has 0 bridgehead atoms. The number of amides is 1. The molecule has 8 heteroatoms. The Bertz CT molecular complexity index is 1240. The summed E-state index contributed by atoms with van der Waals surface area (Å²) in [6, 6.07) is 13.3. The zero-order valence-corrected chi connectivity index (χ0v) is 19.4. The molecule has 4 rings (SSSR count).